The van der Waals surface area contributed by atoms with Gasteiger partial charge in [-0.15, -0.1) is 0 Å². The van der Waals surface area contributed by atoms with Crippen molar-refractivity contribution < 1.29 is 9.53 Å². The maximum atomic E-state index is 11.7. The number of carbonyl (C=O) groups is 1. The molecule has 0 atom stereocenters. The lowest BCUT2D eigenvalue weighted by Crippen LogP contribution is -2.12. The van der Waals surface area contributed by atoms with Gasteiger partial charge in [0, 0.05) is 10.7 Å². The highest BCUT2D eigenvalue weighted by molar-refractivity contribution is 9.09. The number of nitrogens with two attached hydrogens (primary N) is 1. The van der Waals surface area contributed by atoms with E-state index in [1.807, 2.05) is 43.3 Å². The van der Waals surface area contributed by atoms with Gasteiger partial charge in [0.2, 0.25) is 0 Å². The Kier molecular flexibility index (Phi) is 4.34. The zero-order valence-electron chi connectivity index (χ0n) is 12.6. The van der Waals surface area contributed by atoms with Crippen LogP contribution in [0.1, 0.15) is 16.1 Å². The standard InChI is InChI=1S/C17H16BrN3O2/c1-11-3-2-4-12(9-11)21-15-6-5-13(23-8-7-18)10-14(15)16(20-21)17(19)22/h2-6,9-10H,7-8H2,1H3,(H2,19,22). The highest BCUT2D eigenvalue weighted by atomic mass is 79.9. The Morgan fingerprint density at radius 3 is 2.83 bits per heavy atom. The molecule has 3 rings (SSSR count). The summed E-state index contributed by atoms with van der Waals surface area (Å²) < 4.78 is 7.33. The number of amides is 1. The normalized spacial score (nSPS) is 10.9. The molecule has 0 spiro atoms. The molecule has 23 heavy (non-hydrogen) atoms. The summed E-state index contributed by atoms with van der Waals surface area (Å²) in [6.45, 7) is 2.56. The van der Waals surface area contributed by atoms with Crippen molar-refractivity contribution >= 4 is 32.7 Å². The minimum absolute atomic E-state index is 0.241. The molecule has 1 amide bonds. The van der Waals surface area contributed by atoms with E-state index >= 15 is 0 Å². The van der Waals surface area contributed by atoms with Gasteiger partial charge < -0.3 is 10.5 Å². The first-order chi connectivity index (χ1) is 11.1. The number of halogens is 1. The maximum Gasteiger partial charge on any atom is 0.269 e. The van der Waals surface area contributed by atoms with E-state index in [0.717, 1.165) is 22.1 Å². The number of benzene rings is 2. The van der Waals surface area contributed by atoms with Gasteiger partial charge >= 0.3 is 0 Å². The molecule has 1 heterocycles. The van der Waals surface area contributed by atoms with Crippen LogP contribution in [-0.2, 0) is 0 Å². The fraction of sp³-hybridized carbons (Fsp3) is 0.176. The largest absolute Gasteiger partial charge is 0.493 e. The van der Waals surface area contributed by atoms with Crippen molar-refractivity contribution in [2.45, 2.75) is 6.92 Å². The number of ether oxygens (including phenoxy) is 1. The third kappa shape index (κ3) is 3.07. The number of hydrogen-bond donors (Lipinski definition) is 1. The minimum atomic E-state index is -0.556. The van der Waals surface area contributed by atoms with Gasteiger partial charge in [-0.3, -0.25) is 4.79 Å². The van der Waals surface area contributed by atoms with Crippen LogP contribution in [0.4, 0.5) is 0 Å². The number of primary amides is 1. The van der Waals surface area contributed by atoms with Crippen LogP contribution < -0.4 is 10.5 Å². The van der Waals surface area contributed by atoms with Crippen molar-refractivity contribution in [2.75, 3.05) is 11.9 Å². The molecule has 2 N–H and O–H groups in total. The van der Waals surface area contributed by atoms with E-state index in [0.29, 0.717) is 17.7 Å². The molecule has 3 aromatic rings. The van der Waals surface area contributed by atoms with Gasteiger partial charge in [0.25, 0.3) is 5.91 Å². The highest BCUT2D eigenvalue weighted by Crippen LogP contribution is 2.26. The van der Waals surface area contributed by atoms with Crippen molar-refractivity contribution in [3.05, 3.63) is 53.7 Å². The van der Waals surface area contributed by atoms with E-state index in [2.05, 4.69) is 21.0 Å². The van der Waals surface area contributed by atoms with Crippen molar-refractivity contribution in [3.8, 4) is 11.4 Å². The van der Waals surface area contributed by atoms with Crippen molar-refractivity contribution in [2.24, 2.45) is 5.73 Å². The molecule has 118 valence electrons. The molecule has 5 nitrogen and oxygen atoms in total. The lowest BCUT2D eigenvalue weighted by molar-refractivity contribution is 0.0996. The monoisotopic (exact) mass is 373 g/mol. The summed E-state index contributed by atoms with van der Waals surface area (Å²) >= 11 is 3.32. The Balaban J connectivity index is 2.18. The summed E-state index contributed by atoms with van der Waals surface area (Å²) in [5, 5.41) is 5.82. The quantitative estimate of drug-likeness (QED) is 0.698. The smallest absolute Gasteiger partial charge is 0.269 e. The molecule has 0 saturated carbocycles. The predicted molar refractivity (Wildman–Crippen MR) is 93.6 cm³/mol. The zero-order chi connectivity index (χ0) is 16.4. The molecular formula is C17H16BrN3O2. The lowest BCUT2D eigenvalue weighted by atomic mass is 10.2. The fourth-order valence-corrected chi connectivity index (χ4v) is 2.64. The Labute approximate surface area is 142 Å². The van der Waals surface area contributed by atoms with Crippen molar-refractivity contribution in [1.29, 1.82) is 0 Å². The highest BCUT2D eigenvalue weighted by Gasteiger charge is 2.16. The van der Waals surface area contributed by atoms with E-state index in [1.54, 1.807) is 10.7 Å². The average Bonchev–Trinajstić information content (AvgIpc) is 2.92. The number of carbonyl (C=O) groups excluding carboxylic acids is 1. The summed E-state index contributed by atoms with van der Waals surface area (Å²) in [7, 11) is 0. The lowest BCUT2D eigenvalue weighted by Gasteiger charge is -2.06. The summed E-state index contributed by atoms with van der Waals surface area (Å²) in [5.41, 5.74) is 8.55. The minimum Gasteiger partial charge on any atom is -0.493 e. The number of aryl methyl sites for hydroxylation is 1. The second kappa shape index (κ2) is 6.42. The van der Waals surface area contributed by atoms with Crippen LogP contribution >= 0.6 is 15.9 Å². The Bertz CT molecular complexity index is 873. The van der Waals surface area contributed by atoms with Gasteiger partial charge in [-0.2, -0.15) is 5.10 Å². The number of hydrogen-bond acceptors (Lipinski definition) is 3. The topological polar surface area (TPSA) is 70.1 Å². The van der Waals surface area contributed by atoms with E-state index in [1.165, 1.54) is 0 Å². The van der Waals surface area contributed by atoms with Gasteiger partial charge in [-0.05, 0) is 42.8 Å². The van der Waals surface area contributed by atoms with Crippen LogP contribution in [0.3, 0.4) is 0 Å². The van der Waals surface area contributed by atoms with Crippen molar-refractivity contribution in [1.82, 2.24) is 9.78 Å². The van der Waals surface area contributed by atoms with Gasteiger partial charge in [-0.25, -0.2) is 4.68 Å². The van der Waals surface area contributed by atoms with Gasteiger partial charge in [0.1, 0.15) is 5.75 Å². The summed E-state index contributed by atoms with van der Waals surface area (Å²) in [6.07, 6.45) is 0. The predicted octanol–water partition coefficient (Wildman–Crippen LogP) is 3.21. The van der Waals surface area contributed by atoms with Crippen LogP contribution in [0.25, 0.3) is 16.6 Å². The number of fused-ring (bicyclic) bond motifs is 1. The van der Waals surface area contributed by atoms with E-state index in [4.69, 9.17) is 10.5 Å². The molecule has 0 aliphatic heterocycles. The molecule has 0 fully saturated rings. The molecule has 0 unspecified atom stereocenters. The van der Waals surface area contributed by atoms with Crippen LogP contribution in [0.15, 0.2) is 42.5 Å². The first-order valence-corrected chi connectivity index (χ1v) is 8.30. The van der Waals surface area contributed by atoms with Gasteiger partial charge in [0.05, 0.1) is 17.8 Å². The Hall–Kier alpha value is -2.34. The zero-order valence-corrected chi connectivity index (χ0v) is 14.2. The average molecular weight is 374 g/mol. The molecule has 0 aliphatic carbocycles. The SMILES string of the molecule is Cc1cccc(-n2nc(C(N)=O)c3cc(OCCBr)ccc32)c1. The molecular weight excluding hydrogens is 358 g/mol. The molecule has 0 bridgehead atoms. The Morgan fingerprint density at radius 1 is 1.30 bits per heavy atom. The van der Waals surface area contributed by atoms with Crippen LogP contribution in [0.2, 0.25) is 0 Å². The van der Waals surface area contributed by atoms with Crippen LogP contribution in [-0.4, -0.2) is 27.6 Å². The maximum absolute atomic E-state index is 11.7. The second-order valence-corrected chi connectivity index (χ2v) is 5.97. The van der Waals surface area contributed by atoms with E-state index < -0.39 is 5.91 Å². The molecule has 0 saturated heterocycles. The fourth-order valence-electron chi connectivity index (χ4n) is 2.48. The van der Waals surface area contributed by atoms with Crippen molar-refractivity contribution in [3.63, 3.8) is 0 Å². The van der Waals surface area contributed by atoms with Crippen LogP contribution in [0.5, 0.6) is 5.75 Å². The van der Waals surface area contributed by atoms with E-state index in [9.17, 15) is 4.79 Å². The van der Waals surface area contributed by atoms with Gasteiger partial charge in [0.15, 0.2) is 5.69 Å². The summed E-state index contributed by atoms with van der Waals surface area (Å²) in [5.74, 6) is 0.127. The number of aromatic nitrogens is 2. The number of rotatable bonds is 5. The molecule has 6 heteroatoms. The first kappa shape index (κ1) is 15.6. The third-order valence-electron chi connectivity index (χ3n) is 3.48. The molecule has 0 aliphatic rings. The van der Waals surface area contributed by atoms with Gasteiger partial charge in [-0.1, -0.05) is 28.1 Å². The summed E-state index contributed by atoms with van der Waals surface area (Å²) in [4.78, 5) is 11.7. The van der Waals surface area contributed by atoms with Crippen LogP contribution in [0, 0.1) is 6.92 Å². The first-order valence-electron chi connectivity index (χ1n) is 7.18. The summed E-state index contributed by atoms with van der Waals surface area (Å²) in [6, 6.07) is 13.5. The molecule has 2 aromatic carbocycles. The second-order valence-electron chi connectivity index (χ2n) is 5.18. The Morgan fingerprint density at radius 2 is 2.13 bits per heavy atom. The number of alkyl halides is 1. The molecule has 0 radical (unpaired) electrons. The molecule has 1 aromatic heterocycles. The number of nitrogens with zero attached hydrogens (tertiary/aromatic N) is 2. The third-order valence-corrected chi connectivity index (χ3v) is 3.80. The van der Waals surface area contributed by atoms with E-state index in [-0.39, 0.29) is 5.69 Å².